The molecule has 0 saturated carbocycles. The van der Waals surface area contributed by atoms with Gasteiger partial charge in [0, 0.05) is 30.9 Å². The van der Waals surface area contributed by atoms with Crippen molar-refractivity contribution in [2.24, 2.45) is 0 Å². The minimum Gasteiger partial charge on any atom is -0.456 e. The second-order valence-corrected chi connectivity index (χ2v) is 7.47. The fourth-order valence-electron chi connectivity index (χ4n) is 4.11. The Morgan fingerprint density at radius 2 is 1.81 bits per heavy atom. The molecule has 5 nitrogen and oxygen atoms in total. The number of hydrogen-bond donors (Lipinski definition) is 0. The minimum absolute atomic E-state index is 0.141. The van der Waals surface area contributed by atoms with Crippen LogP contribution in [0.25, 0.3) is 0 Å². The maximum Gasteiger partial charge on any atom is 0.254 e. The molecule has 3 heterocycles. The Labute approximate surface area is 161 Å². The lowest BCUT2D eigenvalue weighted by molar-refractivity contribution is 0.0690. The van der Waals surface area contributed by atoms with E-state index in [1.54, 1.807) is 12.4 Å². The first kappa shape index (κ1) is 18.0. The number of benzene rings is 1. The molecule has 2 saturated heterocycles. The van der Waals surface area contributed by atoms with Crippen LogP contribution >= 0.6 is 0 Å². The van der Waals surface area contributed by atoms with Crippen molar-refractivity contribution < 1.29 is 9.53 Å². The van der Waals surface area contributed by atoms with E-state index in [1.165, 1.54) is 32.4 Å². The molecule has 0 aliphatic carbocycles. The quantitative estimate of drug-likeness (QED) is 0.804. The number of carbonyl (C=O) groups excluding carboxylic acids is 1. The smallest absolute Gasteiger partial charge is 0.254 e. The van der Waals surface area contributed by atoms with Crippen molar-refractivity contribution in [2.75, 3.05) is 26.2 Å². The maximum absolute atomic E-state index is 13.0. The molecule has 142 valence electrons. The van der Waals surface area contributed by atoms with E-state index >= 15 is 0 Å². The summed E-state index contributed by atoms with van der Waals surface area (Å²) in [5.74, 6) is 1.55. The Kier molecular flexibility index (Phi) is 5.68. The topological polar surface area (TPSA) is 45.7 Å². The molecule has 4 rings (SSSR count). The Balaban J connectivity index is 1.39. The number of aromatic nitrogens is 1. The summed E-state index contributed by atoms with van der Waals surface area (Å²) in [6.45, 7) is 4.25. The highest BCUT2D eigenvalue weighted by molar-refractivity contribution is 5.94. The van der Waals surface area contributed by atoms with Crippen molar-refractivity contribution in [3.05, 3.63) is 54.4 Å². The number of likely N-dealkylation sites (tertiary alicyclic amines) is 2. The van der Waals surface area contributed by atoms with Crippen molar-refractivity contribution in [1.82, 2.24) is 14.8 Å². The first-order valence-electron chi connectivity index (χ1n) is 10.0. The monoisotopic (exact) mass is 365 g/mol. The highest BCUT2D eigenvalue weighted by Gasteiger charge is 2.31. The number of ether oxygens (including phenoxy) is 1. The van der Waals surface area contributed by atoms with Crippen LogP contribution in [0.4, 0.5) is 0 Å². The van der Waals surface area contributed by atoms with Crippen LogP contribution < -0.4 is 4.74 Å². The second-order valence-electron chi connectivity index (χ2n) is 7.47. The first-order chi connectivity index (χ1) is 13.3. The van der Waals surface area contributed by atoms with E-state index in [1.807, 2.05) is 36.4 Å². The summed E-state index contributed by atoms with van der Waals surface area (Å²) >= 11 is 0. The average molecular weight is 365 g/mol. The Morgan fingerprint density at radius 1 is 1.00 bits per heavy atom. The standard InChI is InChI=1S/C22H27N3O2/c26-22(25-15-5-6-19(25)17-24-13-2-1-3-14-24)18-8-10-20(11-9-18)27-21-7-4-12-23-16-21/h4,7-12,16,19H,1-3,5-6,13-15,17H2. The van der Waals surface area contributed by atoms with Gasteiger partial charge in [-0.3, -0.25) is 9.78 Å². The average Bonchev–Trinajstić information content (AvgIpc) is 3.18. The van der Waals surface area contributed by atoms with E-state index < -0.39 is 0 Å². The molecule has 2 aliphatic heterocycles. The van der Waals surface area contributed by atoms with E-state index in [4.69, 9.17) is 4.74 Å². The van der Waals surface area contributed by atoms with Gasteiger partial charge < -0.3 is 14.5 Å². The van der Waals surface area contributed by atoms with Crippen molar-refractivity contribution in [3.8, 4) is 11.5 Å². The molecule has 0 radical (unpaired) electrons. The fourth-order valence-corrected chi connectivity index (χ4v) is 4.11. The molecule has 0 N–H and O–H groups in total. The third-order valence-corrected chi connectivity index (χ3v) is 5.53. The van der Waals surface area contributed by atoms with E-state index in [0.29, 0.717) is 17.5 Å². The zero-order chi connectivity index (χ0) is 18.5. The normalized spacial score (nSPS) is 20.6. The van der Waals surface area contributed by atoms with Gasteiger partial charge in [0.15, 0.2) is 0 Å². The van der Waals surface area contributed by atoms with Gasteiger partial charge in [-0.1, -0.05) is 6.42 Å². The first-order valence-corrected chi connectivity index (χ1v) is 10.0. The Hall–Kier alpha value is -2.40. The van der Waals surface area contributed by atoms with Crippen LogP contribution in [-0.4, -0.2) is 52.9 Å². The van der Waals surface area contributed by atoms with Crippen LogP contribution in [0.1, 0.15) is 42.5 Å². The molecule has 2 aliphatic rings. The molecular formula is C22H27N3O2. The predicted molar refractivity (Wildman–Crippen MR) is 105 cm³/mol. The molecule has 1 aromatic carbocycles. The molecular weight excluding hydrogens is 338 g/mol. The van der Waals surface area contributed by atoms with Gasteiger partial charge in [-0.2, -0.15) is 0 Å². The molecule has 27 heavy (non-hydrogen) atoms. The van der Waals surface area contributed by atoms with E-state index in [2.05, 4.69) is 14.8 Å². The van der Waals surface area contributed by atoms with Crippen LogP contribution in [-0.2, 0) is 0 Å². The van der Waals surface area contributed by atoms with Crippen molar-refractivity contribution in [1.29, 1.82) is 0 Å². The summed E-state index contributed by atoms with van der Waals surface area (Å²) in [6, 6.07) is 11.5. The zero-order valence-electron chi connectivity index (χ0n) is 15.7. The summed E-state index contributed by atoms with van der Waals surface area (Å²) in [7, 11) is 0. The van der Waals surface area contributed by atoms with Crippen molar-refractivity contribution >= 4 is 5.91 Å². The highest BCUT2D eigenvalue weighted by Crippen LogP contribution is 2.25. The van der Waals surface area contributed by atoms with Crippen LogP contribution in [0.15, 0.2) is 48.8 Å². The second kappa shape index (κ2) is 8.53. The van der Waals surface area contributed by atoms with Crippen molar-refractivity contribution in [3.63, 3.8) is 0 Å². The zero-order valence-corrected chi connectivity index (χ0v) is 15.7. The third kappa shape index (κ3) is 4.48. The summed E-state index contributed by atoms with van der Waals surface area (Å²) in [4.78, 5) is 21.7. The van der Waals surface area contributed by atoms with E-state index in [9.17, 15) is 4.79 Å². The SMILES string of the molecule is O=C(c1ccc(Oc2cccnc2)cc1)N1CCCC1CN1CCCCC1. The summed E-state index contributed by atoms with van der Waals surface area (Å²) in [5.41, 5.74) is 0.735. The molecule has 1 amide bonds. The van der Waals surface area contributed by atoms with Crippen LogP contribution in [0, 0.1) is 0 Å². The fraction of sp³-hybridized carbons (Fsp3) is 0.455. The van der Waals surface area contributed by atoms with Gasteiger partial charge in [-0.15, -0.1) is 0 Å². The number of hydrogen-bond acceptors (Lipinski definition) is 4. The minimum atomic E-state index is 0.141. The molecule has 1 atom stereocenters. The third-order valence-electron chi connectivity index (χ3n) is 5.53. The van der Waals surface area contributed by atoms with Crippen molar-refractivity contribution in [2.45, 2.75) is 38.1 Å². The lowest BCUT2D eigenvalue weighted by Gasteiger charge is -2.33. The number of rotatable bonds is 5. The molecule has 2 fully saturated rings. The van der Waals surface area contributed by atoms with Gasteiger partial charge in [0.05, 0.1) is 6.20 Å². The Bertz CT molecular complexity index is 742. The molecule has 1 unspecified atom stereocenters. The summed E-state index contributed by atoms with van der Waals surface area (Å²) in [6.07, 6.45) is 9.53. The lowest BCUT2D eigenvalue weighted by atomic mass is 10.1. The number of pyridine rings is 1. The molecule has 0 spiro atoms. The number of amides is 1. The number of nitrogens with zero attached hydrogens (tertiary/aromatic N) is 3. The summed E-state index contributed by atoms with van der Waals surface area (Å²) in [5, 5.41) is 0. The van der Waals surface area contributed by atoms with Crippen LogP contribution in [0.2, 0.25) is 0 Å². The Morgan fingerprint density at radius 3 is 2.56 bits per heavy atom. The van der Waals surface area contributed by atoms with Crippen LogP contribution in [0.5, 0.6) is 11.5 Å². The predicted octanol–water partition coefficient (Wildman–Crippen LogP) is 3.96. The van der Waals surface area contributed by atoms with Gasteiger partial charge in [0.2, 0.25) is 0 Å². The lowest BCUT2D eigenvalue weighted by Crippen LogP contribution is -2.44. The van der Waals surface area contributed by atoms with Gasteiger partial charge in [-0.25, -0.2) is 0 Å². The van der Waals surface area contributed by atoms with Gasteiger partial charge >= 0.3 is 0 Å². The van der Waals surface area contributed by atoms with Gasteiger partial charge in [0.25, 0.3) is 5.91 Å². The molecule has 0 bridgehead atoms. The molecule has 2 aromatic rings. The van der Waals surface area contributed by atoms with Gasteiger partial charge in [0.1, 0.15) is 11.5 Å². The van der Waals surface area contributed by atoms with E-state index in [0.717, 1.165) is 31.5 Å². The maximum atomic E-state index is 13.0. The number of piperidine rings is 1. The summed E-state index contributed by atoms with van der Waals surface area (Å²) < 4.78 is 5.77. The molecule has 1 aromatic heterocycles. The largest absolute Gasteiger partial charge is 0.456 e. The van der Waals surface area contributed by atoms with E-state index in [-0.39, 0.29) is 5.91 Å². The van der Waals surface area contributed by atoms with Gasteiger partial charge in [-0.05, 0) is 75.2 Å². The highest BCUT2D eigenvalue weighted by atomic mass is 16.5. The number of carbonyl (C=O) groups is 1. The van der Waals surface area contributed by atoms with Crippen LogP contribution in [0.3, 0.4) is 0 Å². The molecule has 5 heteroatoms.